The lowest BCUT2D eigenvalue weighted by Gasteiger charge is -2.06. The standard InChI is InChI=1S/C14H24N2/c1-4-6-7-8-9-10-14-13(5-2)16-12(3)11-15-14/h11H,4-10H2,1-3H3. The lowest BCUT2D eigenvalue weighted by molar-refractivity contribution is 0.624. The monoisotopic (exact) mass is 220 g/mol. The molecule has 0 aliphatic carbocycles. The smallest absolute Gasteiger partial charge is 0.0619 e. The van der Waals surface area contributed by atoms with Gasteiger partial charge in [-0.05, 0) is 26.2 Å². The van der Waals surface area contributed by atoms with Crippen LogP contribution in [0.5, 0.6) is 0 Å². The van der Waals surface area contributed by atoms with E-state index >= 15 is 0 Å². The van der Waals surface area contributed by atoms with Crippen molar-refractivity contribution in [2.45, 2.75) is 65.7 Å². The van der Waals surface area contributed by atoms with Crippen LogP contribution in [0.15, 0.2) is 6.20 Å². The molecule has 0 aliphatic rings. The second-order valence-corrected chi connectivity index (χ2v) is 4.42. The summed E-state index contributed by atoms with van der Waals surface area (Å²) in [5, 5.41) is 0. The Kier molecular flexibility index (Phi) is 6.05. The molecule has 0 atom stereocenters. The Balaban J connectivity index is 2.41. The van der Waals surface area contributed by atoms with Gasteiger partial charge in [-0.15, -0.1) is 0 Å². The van der Waals surface area contributed by atoms with E-state index in [1.54, 1.807) is 0 Å². The van der Waals surface area contributed by atoms with Crippen LogP contribution >= 0.6 is 0 Å². The van der Waals surface area contributed by atoms with E-state index in [1.165, 1.54) is 43.5 Å². The van der Waals surface area contributed by atoms with Crippen molar-refractivity contribution in [1.82, 2.24) is 9.97 Å². The molecular weight excluding hydrogens is 196 g/mol. The SMILES string of the molecule is CCCCCCCc1ncc(C)nc1CC. The fraction of sp³-hybridized carbons (Fsp3) is 0.714. The van der Waals surface area contributed by atoms with Gasteiger partial charge in [0.2, 0.25) is 0 Å². The minimum Gasteiger partial charge on any atom is -0.258 e. The van der Waals surface area contributed by atoms with Crippen LogP contribution < -0.4 is 0 Å². The van der Waals surface area contributed by atoms with E-state index in [0.717, 1.165) is 18.5 Å². The van der Waals surface area contributed by atoms with Gasteiger partial charge in [0, 0.05) is 6.20 Å². The average molecular weight is 220 g/mol. The number of nitrogens with zero attached hydrogens (tertiary/aromatic N) is 2. The molecule has 90 valence electrons. The van der Waals surface area contributed by atoms with Crippen LogP contribution in [0.2, 0.25) is 0 Å². The van der Waals surface area contributed by atoms with Crippen LogP contribution in [0.3, 0.4) is 0 Å². The van der Waals surface area contributed by atoms with Gasteiger partial charge in [0.25, 0.3) is 0 Å². The van der Waals surface area contributed by atoms with Crippen LogP contribution in [-0.4, -0.2) is 9.97 Å². The number of unbranched alkanes of at least 4 members (excludes halogenated alkanes) is 4. The molecule has 0 saturated heterocycles. The fourth-order valence-electron chi connectivity index (χ4n) is 1.94. The second kappa shape index (κ2) is 7.37. The molecule has 0 aromatic carbocycles. The first-order valence-electron chi connectivity index (χ1n) is 6.59. The van der Waals surface area contributed by atoms with Crippen molar-refractivity contribution < 1.29 is 0 Å². The highest BCUT2D eigenvalue weighted by Gasteiger charge is 2.03. The van der Waals surface area contributed by atoms with Crippen LogP contribution in [0, 0.1) is 6.92 Å². The molecule has 0 bridgehead atoms. The van der Waals surface area contributed by atoms with E-state index in [1.807, 2.05) is 13.1 Å². The molecule has 0 aliphatic heterocycles. The van der Waals surface area contributed by atoms with E-state index in [4.69, 9.17) is 0 Å². The summed E-state index contributed by atoms with van der Waals surface area (Å²) in [6.45, 7) is 6.42. The van der Waals surface area contributed by atoms with Crippen molar-refractivity contribution in [3.8, 4) is 0 Å². The normalized spacial score (nSPS) is 10.7. The maximum absolute atomic E-state index is 4.54. The Morgan fingerprint density at radius 1 is 1.00 bits per heavy atom. The van der Waals surface area contributed by atoms with E-state index in [-0.39, 0.29) is 0 Å². The largest absolute Gasteiger partial charge is 0.258 e. The Hall–Kier alpha value is -0.920. The molecule has 0 unspecified atom stereocenters. The first kappa shape index (κ1) is 13.1. The van der Waals surface area contributed by atoms with Crippen molar-refractivity contribution in [3.05, 3.63) is 23.3 Å². The van der Waals surface area contributed by atoms with Gasteiger partial charge in [0.05, 0.1) is 17.1 Å². The summed E-state index contributed by atoms with van der Waals surface area (Å²) in [5.41, 5.74) is 3.44. The van der Waals surface area contributed by atoms with Crippen molar-refractivity contribution in [3.63, 3.8) is 0 Å². The third-order valence-electron chi connectivity index (χ3n) is 2.90. The molecule has 0 spiro atoms. The first-order chi connectivity index (χ1) is 7.77. The number of aryl methyl sites for hydroxylation is 3. The molecular formula is C14H24N2. The maximum atomic E-state index is 4.54. The number of aromatic nitrogens is 2. The molecule has 1 rings (SSSR count). The number of rotatable bonds is 7. The molecule has 0 fully saturated rings. The predicted molar refractivity (Wildman–Crippen MR) is 68.6 cm³/mol. The van der Waals surface area contributed by atoms with Crippen LogP contribution in [-0.2, 0) is 12.8 Å². The maximum Gasteiger partial charge on any atom is 0.0619 e. The van der Waals surface area contributed by atoms with Crippen molar-refractivity contribution in [2.75, 3.05) is 0 Å². The Bertz CT molecular complexity index is 308. The zero-order chi connectivity index (χ0) is 11.8. The van der Waals surface area contributed by atoms with Gasteiger partial charge in [-0.2, -0.15) is 0 Å². The van der Waals surface area contributed by atoms with Gasteiger partial charge in [0.15, 0.2) is 0 Å². The van der Waals surface area contributed by atoms with E-state index in [0.29, 0.717) is 0 Å². The van der Waals surface area contributed by atoms with E-state index in [2.05, 4.69) is 23.8 Å². The van der Waals surface area contributed by atoms with Gasteiger partial charge >= 0.3 is 0 Å². The van der Waals surface area contributed by atoms with Crippen LogP contribution in [0.1, 0.15) is 63.0 Å². The van der Waals surface area contributed by atoms with Gasteiger partial charge in [-0.25, -0.2) is 0 Å². The lowest BCUT2D eigenvalue weighted by atomic mass is 10.1. The fourth-order valence-corrected chi connectivity index (χ4v) is 1.94. The summed E-state index contributed by atoms with van der Waals surface area (Å²) < 4.78 is 0. The topological polar surface area (TPSA) is 25.8 Å². The van der Waals surface area contributed by atoms with Gasteiger partial charge in [0.1, 0.15) is 0 Å². The molecule has 0 saturated carbocycles. The second-order valence-electron chi connectivity index (χ2n) is 4.42. The Morgan fingerprint density at radius 3 is 2.44 bits per heavy atom. The molecule has 1 aromatic heterocycles. The van der Waals surface area contributed by atoms with Gasteiger partial charge in [-0.1, -0.05) is 39.5 Å². The molecule has 2 heteroatoms. The first-order valence-corrected chi connectivity index (χ1v) is 6.59. The summed E-state index contributed by atoms with van der Waals surface area (Å²) >= 11 is 0. The molecule has 0 radical (unpaired) electrons. The highest BCUT2D eigenvalue weighted by atomic mass is 14.8. The molecule has 0 amide bonds. The highest BCUT2D eigenvalue weighted by molar-refractivity contribution is 5.13. The summed E-state index contributed by atoms with van der Waals surface area (Å²) in [6.07, 6.45) is 10.6. The minimum absolute atomic E-state index is 0.999. The predicted octanol–water partition coefficient (Wildman–Crippen LogP) is 3.86. The third kappa shape index (κ3) is 4.30. The van der Waals surface area contributed by atoms with E-state index < -0.39 is 0 Å². The van der Waals surface area contributed by atoms with Crippen molar-refractivity contribution in [1.29, 1.82) is 0 Å². The quantitative estimate of drug-likeness (QED) is 0.652. The summed E-state index contributed by atoms with van der Waals surface area (Å²) in [6, 6.07) is 0. The van der Waals surface area contributed by atoms with Gasteiger partial charge < -0.3 is 0 Å². The molecule has 1 aromatic rings. The average Bonchev–Trinajstić information content (AvgIpc) is 2.30. The zero-order valence-electron chi connectivity index (χ0n) is 10.9. The molecule has 16 heavy (non-hydrogen) atoms. The zero-order valence-corrected chi connectivity index (χ0v) is 10.9. The van der Waals surface area contributed by atoms with E-state index in [9.17, 15) is 0 Å². The summed E-state index contributed by atoms with van der Waals surface area (Å²) in [7, 11) is 0. The summed E-state index contributed by atoms with van der Waals surface area (Å²) in [4.78, 5) is 9.05. The minimum atomic E-state index is 0.999. The molecule has 0 N–H and O–H groups in total. The third-order valence-corrected chi connectivity index (χ3v) is 2.90. The number of hydrogen-bond acceptors (Lipinski definition) is 2. The molecule has 2 nitrogen and oxygen atoms in total. The lowest BCUT2D eigenvalue weighted by Crippen LogP contribution is -2.02. The van der Waals surface area contributed by atoms with Crippen molar-refractivity contribution >= 4 is 0 Å². The number of hydrogen-bond donors (Lipinski definition) is 0. The highest BCUT2D eigenvalue weighted by Crippen LogP contribution is 2.11. The molecule has 1 heterocycles. The summed E-state index contributed by atoms with van der Waals surface area (Å²) in [5.74, 6) is 0. The van der Waals surface area contributed by atoms with Gasteiger partial charge in [-0.3, -0.25) is 9.97 Å². The van der Waals surface area contributed by atoms with Crippen LogP contribution in [0.25, 0.3) is 0 Å². The Labute approximate surface area is 99.5 Å². The van der Waals surface area contributed by atoms with Crippen LogP contribution in [0.4, 0.5) is 0 Å². The Morgan fingerprint density at radius 2 is 1.75 bits per heavy atom. The van der Waals surface area contributed by atoms with Crippen molar-refractivity contribution in [2.24, 2.45) is 0 Å².